The molecule has 2 aromatic heterocycles. The van der Waals surface area contributed by atoms with Crippen molar-refractivity contribution in [2.45, 2.75) is 24.9 Å². The van der Waals surface area contributed by atoms with Crippen LogP contribution in [0.3, 0.4) is 0 Å². The fraction of sp³-hybridized carbons (Fsp3) is 0.250. The molecule has 0 saturated heterocycles. The largest absolute Gasteiger partial charge is 0.480 e. The second kappa shape index (κ2) is 8.83. The van der Waals surface area contributed by atoms with E-state index in [4.69, 9.17) is 21.7 Å². The average molecular weight is 390 g/mol. The van der Waals surface area contributed by atoms with Gasteiger partial charge < -0.3 is 31.6 Å². The van der Waals surface area contributed by atoms with E-state index in [0.29, 0.717) is 11.4 Å². The van der Waals surface area contributed by atoms with E-state index in [1.807, 2.05) is 0 Å². The molecule has 0 amide bonds. The Kier molecular flexibility index (Phi) is 6.52. The van der Waals surface area contributed by atoms with Crippen molar-refractivity contribution in [1.82, 2.24) is 19.9 Å². The number of carboxylic acid groups (broad SMARTS) is 2. The molecule has 8 N–H and O–H groups in total. The zero-order chi connectivity index (χ0) is 20.8. The van der Waals surface area contributed by atoms with Crippen LogP contribution in [-0.4, -0.2) is 65.7 Å². The summed E-state index contributed by atoms with van der Waals surface area (Å²) in [5.74, 6) is -3.75. The molecule has 2 atom stereocenters. The molecule has 12 nitrogen and oxygen atoms in total. The van der Waals surface area contributed by atoms with Crippen LogP contribution in [0.4, 0.5) is 0 Å². The molecule has 0 spiro atoms. The van der Waals surface area contributed by atoms with Crippen LogP contribution in [0.2, 0.25) is 0 Å². The van der Waals surface area contributed by atoms with Gasteiger partial charge in [0.05, 0.1) is 0 Å². The first kappa shape index (κ1) is 20.7. The number of carbonyl (C=O) groups is 4. The number of nitrogens with zero attached hydrogens (tertiary/aromatic N) is 2. The summed E-state index contributed by atoms with van der Waals surface area (Å²) in [7, 11) is 0. The quantitative estimate of drug-likeness (QED) is 0.207. The molecule has 2 unspecified atom stereocenters. The van der Waals surface area contributed by atoms with Crippen LogP contribution in [0.25, 0.3) is 0 Å². The van der Waals surface area contributed by atoms with Crippen molar-refractivity contribution in [2.24, 2.45) is 11.5 Å². The number of aliphatic carboxylic acids is 2. The fourth-order valence-corrected chi connectivity index (χ4v) is 2.13. The molecule has 0 aliphatic rings. The van der Waals surface area contributed by atoms with Crippen molar-refractivity contribution in [1.29, 1.82) is 0 Å². The number of aromatic amines is 2. The maximum atomic E-state index is 12.0. The van der Waals surface area contributed by atoms with Gasteiger partial charge in [-0.2, -0.15) is 0 Å². The molecule has 0 fully saturated rings. The van der Waals surface area contributed by atoms with E-state index < -0.39 is 35.6 Å². The first-order valence-electron chi connectivity index (χ1n) is 7.98. The Balaban J connectivity index is 1.98. The minimum absolute atomic E-state index is 0.0358. The number of ketones is 2. The van der Waals surface area contributed by atoms with Crippen molar-refractivity contribution in [3.63, 3.8) is 0 Å². The van der Waals surface area contributed by atoms with Crippen LogP contribution in [0, 0.1) is 0 Å². The lowest BCUT2D eigenvalue weighted by Gasteiger charge is -2.02. The number of hydrogen-bond donors (Lipinski definition) is 6. The summed E-state index contributed by atoms with van der Waals surface area (Å²) in [4.78, 5) is 58.5. The molecular formula is C16H18N6O6. The number of imidazole rings is 2. The van der Waals surface area contributed by atoms with Gasteiger partial charge in [-0.15, -0.1) is 0 Å². The van der Waals surface area contributed by atoms with E-state index in [1.54, 1.807) is 0 Å². The van der Waals surface area contributed by atoms with E-state index in [9.17, 15) is 19.2 Å². The monoisotopic (exact) mass is 390 g/mol. The van der Waals surface area contributed by atoms with Crippen molar-refractivity contribution in [3.05, 3.63) is 47.6 Å². The third-order valence-corrected chi connectivity index (χ3v) is 3.62. The lowest BCUT2D eigenvalue weighted by Crippen LogP contribution is -2.32. The maximum absolute atomic E-state index is 12.0. The Hall–Kier alpha value is -3.64. The molecule has 2 aromatic rings. The number of rotatable bonds is 10. The number of nitrogens with one attached hydrogen (secondary N) is 2. The minimum Gasteiger partial charge on any atom is -0.480 e. The van der Waals surface area contributed by atoms with Gasteiger partial charge in [0.25, 0.3) is 0 Å². The lowest BCUT2D eigenvalue weighted by atomic mass is 10.2. The minimum atomic E-state index is -1.19. The normalized spacial score (nSPS) is 13.4. The SMILES string of the molecule is NC(Cc1cnc(C(=O)/C=C/C(=O)c2ncc(CC(N)C(=O)O)[nH]2)[nH]1)C(=O)O. The van der Waals surface area contributed by atoms with Gasteiger partial charge in [0.1, 0.15) is 12.1 Å². The van der Waals surface area contributed by atoms with Gasteiger partial charge in [-0.3, -0.25) is 19.2 Å². The Morgan fingerprint density at radius 1 is 0.857 bits per heavy atom. The van der Waals surface area contributed by atoms with Crippen LogP contribution in [-0.2, 0) is 22.4 Å². The second-order valence-electron chi connectivity index (χ2n) is 5.87. The van der Waals surface area contributed by atoms with E-state index >= 15 is 0 Å². The van der Waals surface area contributed by atoms with Gasteiger partial charge in [-0.25, -0.2) is 9.97 Å². The molecule has 2 heterocycles. The van der Waals surface area contributed by atoms with Crippen LogP contribution in [0.5, 0.6) is 0 Å². The Morgan fingerprint density at radius 2 is 1.21 bits per heavy atom. The van der Waals surface area contributed by atoms with Gasteiger partial charge in [-0.05, 0) is 12.2 Å². The predicted molar refractivity (Wildman–Crippen MR) is 93.6 cm³/mol. The topological polar surface area (TPSA) is 218 Å². The summed E-state index contributed by atoms with van der Waals surface area (Å²) >= 11 is 0. The summed E-state index contributed by atoms with van der Waals surface area (Å²) in [6.07, 6.45) is 4.46. The van der Waals surface area contributed by atoms with Crippen LogP contribution in [0.15, 0.2) is 24.5 Å². The first-order valence-corrected chi connectivity index (χ1v) is 7.98. The number of nitrogens with two attached hydrogens (primary N) is 2. The van der Waals surface area contributed by atoms with Gasteiger partial charge >= 0.3 is 11.9 Å². The van der Waals surface area contributed by atoms with Gasteiger partial charge in [0.2, 0.25) is 11.6 Å². The molecular weight excluding hydrogens is 372 g/mol. The highest BCUT2D eigenvalue weighted by Gasteiger charge is 2.17. The van der Waals surface area contributed by atoms with Gasteiger partial charge in [-0.1, -0.05) is 0 Å². The van der Waals surface area contributed by atoms with Crippen molar-refractivity contribution in [3.8, 4) is 0 Å². The van der Waals surface area contributed by atoms with E-state index in [0.717, 1.165) is 12.2 Å². The summed E-state index contributed by atoms with van der Waals surface area (Å²) in [6, 6.07) is -2.27. The highest BCUT2D eigenvalue weighted by atomic mass is 16.4. The van der Waals surface area contributed by atoms with Crippen LogP contribution < -0.4 is 11.5 Å². The van der Waals surface area contributed by atoms with Gasteiger partial charge in [0, 0.05) is 36.6 Å². The third-order valence-electron chi connectivity index (χ3n) is 3.62. The Labute approximate surface area is 157 Å². The molecule has 0 radical (unpaired) electrons. The summed E-state index contributed by atoms with van der Waals surface area (Å²) < 4.78 is 0. The summed E-state index contributed by atoms with van der Waals surface area (Å²) in [5, 5.41) is 17.5. The molecule has 2 rings (SSSR count). The van der Waals surface area contributed by atoms with Crippen molar-refractivity contribution in [2.75, 3.05) is 0 Å². The zero-order valence-corrected chi connectivity index (χ0v) is 14.5. The van der Waals surface area contributed by atoms with E-state index in [2.05, 4.69) is 19.9 Å². The first-order chi connectivity index (χ1) is 13.2. The molecule has 28 heavy (non-hydrogen) atoms. The smallest absolute Gasteiger partial charge is 0.320 e. The molecule has 148 valence electrons. The number of aromatic nitrogens is 4. The summed E-state index contributed by atoms with van der Waals surface area (Å²) in [6.45, 7) is 0. The van der Waals surface area contributed by atoms with E-state index in [-0.39, 0.29) is 24.5 Å². The molecule has 0 aliphatic carbocycles. The Bertz CT molecular complexity index is 855. The zero-order valence-electron chi connectivity index (χ0n) is 14.5. The third kappa shape index (κ3) is 5.43. The average Bonchev–Trinajstić information content (AvgIpc) is 3.28. The molecule has 0 bridgehead atoms. The Morgan fingerprint density at radius 3 is 1.54 bits per heavy atom. The number of carbonyl (C=O) groups excluding carboxylic acids is 2. The number of carboxylic acids is 2. The van der Waals surface area contributed by atoms with Crippen LogP contribution in [0.1, 0.15) is 32.6 Å². The van der Waals surface area contributed by atoms with Crippen LogP contribution >= 0.6 is 0 Å². The van der Waals surface area contributed by atoms with Crippen molar-refractivity contribution >= 4 is 23.5 Å². The molecule has 0 saturated carbocycles. The fourth-order valence-electron chi connectivity index (χ4n) is 2.13. The second-order valence-corrected chi connectivity index (χ2v) is 5.87. The summed E-state index contributed by atoms with van der Waals surface area (Å²) in [5.41, 5.74) is 11.5. The maximum Gasteiger partial charge on any atom is 0.320 e. The molecule has 0 aliphatic heterocycles. The highest BCUT2D eigenvalue weighted by Crippen LogP contribution is 2.05. The standard InChI is InChI=1S/C16H18N6O6/c17-9(15(25)26)3-7-5-19-13(21-7)11(23)1-2-12(24)14-20-6-8(22-14)4-10(18)16(27)28/h1-2,5-6,9-10H,3-4,17-18H2,(H,19,21)(H,20,22)(H,25,26)(H,27,28)/b2-1+. The molecule has 12 heteroatoms. The number of allylic oxidation sites excluding steroid dienone is 2. The van der Waals surface area contributed by atoms with Gasteiger partial charge in [0.15, 0.2) is 11.6 Å². The molecule has 0 aromatic carbocycles. The van der Waals surface area contributed by atoms with Crippen molar-refractivity contribution < 1.29 is 29.4 Å². The number of hydrogen-bond acceptors (Lipinski definition) is 8. The lowest BCUT2D eigenvalue weighted by molar-refractivity contribution is -0.139. The number of H-pyrrole nitrogens is 2. The van der Waals surface area contributed by atoms with E-state index in [1.165, 1.54) is 12.4 Å². The highest BCUT2D eigenvalue weighted by molar-refractivity contribution is 6.09. The predicted octanol–water partition coefficient (Wildman–Crippen LogP) is -1.34.